The van der Waals surface area contributed by atoms with Crippen molar-refractivity contribution in [3.05, 3.63) is 0 Å². The van der Waals surface area contributed by atoms with Gasteiger partial charge in [-0.1, -0.05) is 48.0 Å². The Balaban J connectivity index is 2.82. The van der Waals surface area contributed by atoms with Crippen LogP contribution in [0.25, 0.3) is 0 Å². The number of hydrogen-bond donors (Lipinski definition) is 0. The third kappa shape index (κ3) is 3.27. The molecule has 0 bridgehead atoms. The Bertz CT molecular complexity index is 274. The van der Waals surface area contributed by atoms with E-state index in [1.807, 2.05) is 0 Å². The van der Waals surface area contributed by atoms with Crippen molar-refractivity contribution in [3.63, 3.8) is 0 Å². The van der Waals surface area contributed by atoms with Crippen molar-refractivity contribution in [1.82, 2.24) is 4.90 Å². The van der Waals surface area contributed by atoms with Gasteiger partial charge < -0.3 is 4.90 Å². The molecule has 0 radical (unpaired) electrons. The van der Waals surface area contributed by atoms with Crippen molar-refractivity contribution in [2.45, 2.75) is 66.8 Å². The Labute approximate surface area is 113 Å². The van der Waals surface area contributed by atoms with E-state index in [0.717, 1.165) is 19.4 Å². The molecule has 1 aliphatic heterocycles. The van der Waals surface area contributed by atoms with E-state index in [0.29, 0.717) is 29.7 Å². The first-order chi connectivity index (χ1) is 8.42. The van der Waals surface area contributed by atoms with E-state index >= 15 is 0 Å². The van der Waals surface area contributed by atoms with Crippen molar-refractivity contribution < 1.29 is 4.79 Å². The number of hydrogen-bond acceptors (Lipinski definition) is 1. The fraction of sp³-hybridized carbons (Fsp3) is 0.938. The molecule has 0 aromatic rings. The van der Waals surface area contributed by atoms with Gasteiger partial charge in [-0.05, 0) is 30.6 Å². The minimum absolute atomic E-state index is 0.203. The number of rotatable bonds is 5. The highest BCUT2D eigenvalue weighted by Crippen LogP contribution is 2.31. The van der Waals surface area contributed by atoms with Crippen LogP contribution in [0.5, 0.6) is 0 Å². The first-order valence-corrected chi connectivity index (χ1v) is 7.72. The van der Waals surface area contributed by atoms with Gasteiger partial charge in [0, 0.05) is 18.5 Å². The molecule has 0 aliphatic carbocycles. The lowest BCUT2D eigenvalue weighted by atomic mass is 9.81. The maximum atomic E-state index is 12.8. The molecule has 1 aliphatic rings. The summed E-state index contributed by atoms with van der Waals surface area (Å²) in [7, 11) is 0. The van der Waals surface area contributed by atoms with Crippen LogP contribution in [0.2, 0.25) is 0 Å². The molecule has 0 saturated carbocycles. The SMILES string of the molecule is CCC(C)C(C(=O)N1CC(C)C[C@H]1CC)C(C)C. The van der Waals surface area contributed by atoms with E-state index in [-0.39, 0.29) is 5.92 Å². The number of nitrogens with zero attached hydrogens (tertiary/aromatic N) is 1. The maximum Gasteiger partial charge on any atom is 0.226 e. The Morgan fingerprint density at radius 1 is 1.28 bits per heavy atom. The number of amides is 1. The third-order valence-electron chi connectivity index (χ3n) is 4.64. The van der Waals surface area contributed by atoms with Crippen LogP contribution in [0.1, 0.15) is 60.8 Å². The van der Waals surface area contributed by atoms with E-state index in [9.17, 15) is 4.79 Å². The van der Waals surface area contributed by atoms with Crippen LogP contribution in [0.4, 0.5) is 0 Å². The Morgan fingerprint density at radius 3 is 2.33 bits per heavy atom. The molecule has 3 unspecified atom stereocenters. The monoisotopic (exact) mass is 253 g/mol. The lowest BCUT2D eigenvalue weighted by molar-refractivity contribution is -0.140. The fourth-order valence-electron chi connectivity index (χ4n) is 3.44. The molecule has 2 heteroatoms. The Hall–Kier alpha value is -0.530. The van der Waals surface area contributed by atoms with Gasteiger partial charge in [0.05, 0.1) is 0 Å². The van der Waals surface area contributed by atoms with Gasteiger partial charge in [-0.15, -0.1) is 0 Å². The molecule has 1 heterocycles. The van der Waals surface area contributed by atoms with Gasteiger partial charge in [0.25, 0.3) is 0 Å². The predicted octanol–water partition coefficient (Wildman–Crippen LogP) is 3.95. The molecule has 1 saturated heterocycles. The molecule has 0 aromatic heterocycles. The summed E-state index contributed by atoms with van der Waals surface area (Å²) in [5.74, 6) is 2.22. The summed E-state index contributed by atoms with van der Waals surface area (Å²) in [6.07, 6.45) is 3.38. The second-order valence-corrected chi connectivity index (χ2v) is 6.55. The largest absolute Gasteiger partial charge is 0.339 e. The summed E-state index contributed by atoms with van der Waals surface area (Å²) in [6.45, 7) is 14.2. The van der Waals surface area contributed by atoms with E-state index in [1.54, 1.807) is 0 Å². The van der Waals surface area contributed by atoms with Crippen LogP contribution < -0.4 is 0 Å². The molecule has 0 aromatic carbocycles. The lowest BCUT2D eigenvalue weighted by Gasteiger charge is -2.33. The van der Waals surface area contributed by atoms with Gasteiger partial charge in [-0.3, -0.25) is 4.79 Å². The smallest absolute Gasteiger partial charge is 0.226 e. The predicted molar refractivity (Wildman–Crippen MR) is 77.4 cm³/mol. The van der Waals surface area contributed by atoms with Crippen LogP contribution in [0, 0.1) is 23.7 Å². The zero-order chi connectivity index (χ0) is 13.9. The molecule has 106 valence electrons. The third-order valence-corrected chi connectivity index (χ3v) is 4.64. The van der Waals surface area contributed by atoms with Crippen molar-refractivity contribution in [2.75, 3.05) is 6.54 Å². The first-order valence-electron chi connectivity index (χ1n) is 7.72. The molecule has 18 heavy (non-hydrogen) atoms. The van der Waals surface area contributed by atoms with E-state index < -0.39 is 0 Å². The van der Waals surface area contributed by atoms with E-state index in [2.05, 4.69) is 46.4 Å². The number of carbonyl (C=O) groups excluding carboxylic acids is 1. The fourth-order valence-corrected chi connectivity index (χ4v) is 3.44. The van der Waals surface area contributed by atoms with Crippen molar-refractivity contribution >= 4 is 5.91 Å². The van der Waals surface area contributed by atoms with Gasteiger partial charge >= 0.3 is 0 Å². The average Bonchev–Trinajstić information content (AvgIpc) is 2.69. The van der Waals surface area contributed by atoms with Crippen LogP contribution in [0.15, 0.2) is 0 Å². The second kappa shape index (κ2) is 6.58. The van der Waals surface area contributed by atoms with Crippen LogP contribution in [-0.4, -0.2) is 23.4 Å². The van der Waals surface area contributed by atoms with Crippen LogP contribution in [0.3, 0.4) is 0 Å². The number of likely N-dealkylation sites (tertiary alicyclic amines) is 1. The molecule has 1 fully saturated rings. The summed E-state index contributed by atoms with van der Waals surface area (Å²) < 4.78 is 0. The van der Waals surface area contributed by atoms with Gasteiger partial charge in [0.15, 0.2) is 0 Å². The normalized spacial score (nSPS) is 27.6. The average molecular weight is 253 g/mol. The van der Waals surface area contributed by atoms with Gasteiger partial charge in [-0.25, -0.2) is 0 Å². The minimum Gasteiger partial charge on any atom is -0.339 e. The van der Waals surface area contributed by atoms with Crippen molar-refractivity contribution in [1.29, 1.82) is 0 Å². The quantitative estimate of drug-likeness (QED) is 0.726. The van der Waals surface area contributed by atoms with Crippen LogP contribution in [-0.2, 0) is 4.79 Å². The van der Waals surface area contributed by atoms with E-state index in [1.165, 1.54) is 6.42 Å². The standard InChI is InChI=1S/C16H31NO/c1-7-13(6)15(11(3)4)16(18)17-10-12(5)9-14(17)8-2/h11-15H,7-10H2,1-6H3/t12?,13?,14-,15?/m1/s1. The molecule has 1 amide bonds. The summed E-state index contributed by atoms with van der Waals surface area (Å²) >= 11 is 0. The van der Waals surface area contributed by atoms with Gasteiger partial charge in [0.1, 0.15) is 0 Å². The van der Waals surface area contributed by atoms with Gasteiger partial charge in [0.2, 0.25) is 5.91 Å². The molecular weight excluding hydrogens is 222 g/mol. The van der Waals surface area contributed by atoms with E-state index in [4.69, 9.17) is 0 Å². The van der Waals surface area contributed by atoms with Gasteiger partial charge in [-0.2, -0.15) is 0 Å². The molecule has 1 rings (SSSR count). The van der Waals surface area contributed by atoms with Crippen molar-refractivity contribution in [2.24, 2.45) is 23.7 Å². The Morgan fingerprint density at radius 2 is 1.89 bits per heavy atom. The number of carbonyl (C=O) groups is 1. The summed E-state index contributed by atoms with van der Waals surface area (Å²) in [4.78, 5) is 15.0. The molecule has 0 N–H and O–H groups in total. The Kier molecular flexibility index (Phi) is 5.68. The van der Waals surface area contributed by atoms with Crippen LogP contribution >= 0.6 is 0 Å². The van der Waals surface area contributed by atoms with Crippen molar-refractivity contribution in [3.8, 4) is 0 Å². The summed E-state index contributed by atoms with van der Waals surface area (Å²) in [6, 6.07) is 0.484. The first kappa shape index (κ1) is 15.5. The highest BCUT2D eigenvalue weighted by Gasteiger charge is 2.37. The highest BCUT2D eigenvalue weighted by molar-refractivity contribution is 5.80. The topological polar surface area (TPSA) is 20.3 Å². The highest BCUT2D eigenvalue weighted by atomic mass is 16.2. The summed E-state index contributed by atoms with van der Waals surface area (Å²) in [5, 5.41) is 0. The lowest BCUT2D eigenvalue weighted by Crippen LogP contribution is -2.43. The molecule has 4 atom stereocenters. The molecule has 0 spiro atoms. The minimum atomic E-state index is 0.203. The zero-order valence-electron chi connectivity index (χ0n) is 13.1. The summed E-state index contributed by atoms with van der Waals surface area (Å²) in [5.41, 5.74) is 0. The zero-order valence-corrected chi connectivity index (χ0v) is 13.1. The second-order valence-electron chi connectivity index (χ2n) is 6.55. The molecule has 2 nitrogen and oxygen atoms in total. The maximum absolute atomic E-state index is 12.8. The molecular formula is C16H31NO.